The first kappa shape index (κ1) is 12.7. The van der Waals surface area contributed by atoms with E-state index in [-0.39, 0.29) is 0 Å². The maximum absolute atomic E-state index is 5.90. The fraction of sp³-hybridized carbons (Fsp3) is 0.0769. The van der Waals surface area contributed by atoms with E-state index in [9.17, 15) is 0 Å². The van der Waals surface area contributed by atoms with Crippen LogP contribution in [-0.4, -0.2) is 0 Å². The van der Waals surface area contributed by atoms with Crippen molar-refractivity contribution in [3.05, 3.63) is 62.5 Å². The van der Waals surface area contributed by atoms with Crippen molar-refractivity contribution in [3.8, 4) is 5.75 Å². The molecule has 0 heterocycles. The molecule has 0 aliphatic rings. The fourth-order valence-electron chi connectivity index (χ4n) is 1.31. The van der Waals surface area contributed by atoms with Crippen LogP contribution < -0.4 is 4.74 Å². The van der Waals surface area contributed by atoms with Crippen LogP contribution in [0.3, 0.4) is 0 Å². The third-order valence-electron chi connectivity index (χ3n) is 2.21. The van der Waals surface area contributed by atoms with E-state index in [4.69, 9.17) is 27.9 Å². The summed E-state index contributed by atoms with van der Waals surface area (Å²) in [6, 6.07) is 13.2. The zero-order chi connectivity index (χ0) is 12.3. The second-order valence-electron chi connectivity index (χ2n) is 3.49. The zero-order valence-electron chi connectivity index (χ0n) is 8.79. The second-order valence-corrected chi connectivity index (χ2v) is 5.22. The first-order valence-corrected chi connectivity index (χ1v) is 6.52. The van der Waals surface area contributed by atoms with Gasteiger partial charge >= 0.3 is 0 Å². The summed E-state index contributed by atoms with van der Waals surface area (Å²) in [6.07, 6.45) is 0. The van der Waals surface area contributed by atoms with Crippen molar-refractivity contribution in [2.75, 3.05) is 0 Å². The van der Waals surface area contributed by atoms with Gasteiger partial charge in [-0.2, -0.15) is 0 Å². The van der Waals surface area contributed by atoms with Crippen LogP contribution in [0.5, 0.6) is 5.75 Å². The number of ether oxygens (including phenoxy) is 1. The van der Waals surface area contributed by atoms with Crippen LogP contribution in [0.25, 0.3) is 0 Å². The van der Waals surface area contributed by atoms with Crippen LogP contribution in [0.1, 0.15) is 5.56 Å². The molecule has 2 rings (SSSR count). The summed E-state index contributed by atoms with van der Waals surface area (Å²) in [4.78, 5) is 0. The van der Waals surface area contributed by atoms with E-state index in [1.165, 1.54) is 0 Å². The molecule has 1 nitrogen and oxygen atoms in total. The van der Waals surface area contributed by atoms with E-state index in [2.05, 4.69) is 15.9 Å². The highest BCUT2D eigenvalue weighted by molar-refractivity contribution is 9.10. The fourth-order valence-corrected chi connectivity index (χ4v) is 1.87. The van der Waals surface area contributed by atoms with Gasteiger partial charge in [0, 0.05) is 10.5 Å². The number of benzene rings is 2. The predicted molar refractivity (Wildman–Crippen MR) is 74.9 cm³/mol. The summed E-state index contributed by atoms with van der Waals surface area (Å²) in [5, 5.41) is 1.03. The summed E-state index contributed by atoms with van der Waals surface area (Å²) >= 11 is 15.1. The minimum absolute atomic E-state index is 0.500. The molecule has 0 amide bonds. The Balaban J connectivity index is 2.02. The first-order valence-electron chi connectivity index (χ1n) is 4.97. The SMILES string of the molecule is Clc1ccc(OCc2ccc(Br)cc2)cc1Cl. The van der Waals surface area contributed by atoms with Crippen LogP contribution in [0.4, 0.5) is 0 Å². The summed E-state index contributed by atoms with van der Waals surface area (Å²) in [7, 11) is 0. The normalized spacial score (nSPS) is 10.3. The van der Waals surface area contributed by atoms with Gasteiger partial charge in [0.1, 0.15) is 12.4 Å². The Morgan fingerprint density at radius 1 is 0.941 bits per heavy atom. The molecule has 0 unspecified atom stereocenters. The molecule has 0 bridgehead atoms. The van der Waals surface area contributed by atoms with Crippen molar-refractivity contribution in [2.24, 2.45) is 0 Å². The molecular weight excluding hydrogens is 323 g/mol. The first-order chi connectivity index (χ1) is 8.15. The monoisotopic (exact) mass is 330 g/mol. The number of rotatable bonds is 3. The van der Waals surface area contributed by atoms with E-state index in [0.717, 1.165) is 10.0 Å². The lowest BCUT2D eigenvalue weighted by Crippen LogP contribution is -1.94. The molecule has 0 aliphatic carbocycles. The molecule has 0 saturated carbocycles. The van der Waals surface area contributed by atoms with Crippen LogP contribution >= 0.6 is 39.1 Å². The highest BCUT2D eigenvalue weighted by Gasteiger charge is 2.00. The molecule has 2 aromatic rings. The Bertz CT molecular complexity index is 511. The minimum Gasteiger partial charge on any atom is -0.489 e. The molecule has 0 fully saturated rings. The summed E-state index contributed by atoms with van der Waals surface area (Å²) in [5.41, 5.74) is 1.10. The average Bonchev–Trinajstić information content (AvgIpc) is 2.33. The number of halogens is 3. The van der Waals surface area contributed by atoms with Gasteiger partial charge in [-0.1, -0.05) is 51.3 Å². The number of hydrogen-bond acceptors (Lipinski definition) is 1. The van der Waals surface area contributed by atoms with E-state index in [1.54, 1.807) is 18.2 Å². The largest absolute Gasteiger partial charge is 0.489 e. The van der Waals surface area contributed by atoms with Crippen LogP contribution in [0.15, 0.2) is 46.9 Å². The molecule has 0 atom stereocenters. The summed E-state index contributed by atoms with van der Waals surface area (Å²) in [6.45, 7) is 0.505. The van der Waals surface area contributed by atoms with Gasteiger partial charge in [0.05, 0.1) is 10.0 Å². The molecule has 0 aliphatic heterocycles. The van der Waals surface area contributed by atoms with Gasteiger partial charge in [-0.3, -0.25) is 0 Å². The molecule has 88 valence electrons. The Hall–Kier alpha value is -0.700. The van der Waals surface area contributed by atoms with Gasteiger partial charge in [0.25, 0.3) is 0 Å². The second kappa shape index (κ2) is 5.76. The molecule has 0 saturated heterocycles. The van der Waals surface area contributed by atoms with Crippen molar-refractivity contribution < 1.29 is 4.74 Å². The van der Waals surface area contributed by atoms with Crippen molar-refractivity contribution >= 4 is 39.1 Å². The molecule has 4 heteroatoms. The van der Waals surface area contributed by atoms with Crippen LogP contribution in [0, 0.1) is 0 Å². The maximum Gasteiger partial charge on any atom is 0.121 e. The quantitative estimate of drug-likeness (QED) is 0.738. The Labute approximate surface area is 118 Å². The van der Waals surface area contributed by atoms with E-state index in [0.29, 0.717) is 22.4 Å². The molecule has 17 heavy (non-hydrogen) atoms. The zero-order valence-corrected chi connectivity index (χ0v) is 11.9. The third kappa shape index (κ3) is 3.63. The smallest absolute Gasteiger partial charge is 0.121 e. The minimum atomic E-state index is 0.500. The molecule has 0 N–H and O–H groups in total. The molecule has 0 radical (unpaired) electrons. The Morgan fingerprint density at radius 2 is 1.65 bits per heavy atom. The molecule has 0 spiro atoms. The summed E-state index contributed by atoms with van der Waals surface area (Å²) < 4.78 is 6.66. The highest BCUT2D eigenvalue weighted by Crippen LogP contribution is 2.26. The molecule has 2 aromatic carbocycles. The third-order valence-corrected chi connectivity index (χ3v) is 3.48. The van der Waals surface area contributed by atoms with E-state index in [1.807, 2.05) is 24.3 Å². The van der Waals surface area contributed by atoms with Crippen LogP contribution in [0.2, 0.25) is 10.0 Å². The van der Waals surface area contributed by atoms with Gasteiger partial charge < -0.3 is 4.74 Å². The van der Waals surface area contributed by atoms with Crippen LogP contribution in [-0.2, 0) is 6.61 Å². The lowest BCUT2D eigenvalue weighted by Gasteiger charge is -2.07. The van der Waals surface area contributed by atoms with Gasteiger partial charge in [0.2, 0.25) is 0 Å². The van der Waals surface area contributed by atoms with E-state index >= 15 is 0 Å². The van der Waals surface area contributed by atoms with Crippen molar-refractivity contribution in [3.63, 3.8) is 0 Å². The topological polar surface area (TPSA) is 9.23 Å². The van der Waals surface area contributed by atoms with Gasteiger partial charge in [-0.05, 0) is 29.8 Å². The van der Waals surface area contributed by atoms with Gasteiger partial charge in [0.15, 0.2) is 0 Å². The van der Waals surface area contributed by atoms with Gasteiger partial charge in [-0.25, -0.2) is 0 Å². The Morgan fingerprint density at radius 3 is 2.29 bits per heavy atom. The van der Waals surface area contributed by atoms with Crippen molar-refractivity contribution in [1.82, 2.24) is 0 Å². The molecular formula is C13H9BrCl2O. The maximum atomic E-state index is 5.90. The standard InChI is InChI=1S/C13H9BrCl2O/c14-10-3-1-9(2-4-10)8-17-11-5-6-12(15)13(16)7-11/h1-7H,8H2. The average molecular weight is 332 g/mol. The highest BCUT2D eigenvalue weighted by atomic mass is 79.9. The Kier molecular flexibility index (Phi) is 4.32. The summed E-state index contributed by atoms with van der Waals surface area (Å²) in [5.74, 6) is 0.710. The lowest BCUT2D eigenvalue weighted by molar-refractivity contribution is 0.306. The number of hydrogen-bond donors (Lipinski definition) is 0. The van der Waals surface area contributed by atoms with Gasteiger partial charge in [-0.15, -0.1) is 0 Å². The lowest BCUT2D eigenvalue weighted by atomic mass is 10.2. The van der Waals surface area contributed by atoms with Crippen molar-refractivity contribution in [2.45, 2.75) is 6.61 Å². The van der Waals surface area contributed by atoms with Crippen molar-refractivity contribution in [1.29, 1.82) is 0 Å². The predicted octanol–water partition coefficient (Wildman–Crippen LogP) is 5.33. The van der Waals surface area contributed by atoms with E-state index < -0.39 is 0 Å². The molecule has 0 aromatic heterocycles.